The number of carbonyl (C=O) groups is 1. The summed E-state index contributed by atoms with van der Waals surface area (Å²) in [6.45, 7) is 5.44. The van der Waals surface area contributed by atoms with Gasteiger partial charge in [0, 0.05) is 36.9 Å². The zero-order valence-corrected chi connectivity index (χ0v) is 16.2. The number of carbonyl (C=O) groups excluding carboxylic acids is 1. The van der Waals surface area contributed by atoms with E-state index in [1.807, 2.05) is 32.0 Å². The van der Waals surface area contributed by atoms with Crippen molar-refractivity contribution in [2.45, 2.75) is 32.4 Å². The molecule has 0 radical (unpaired) electrons. The van der Waals surface area contributed by atoms with E-state index < -0.39 is 0 Å². The minimum Gasteiger partial charge on any atom is -0.339 e. The average molecular weight is 375 g/mol. The fourth-order valence-electron chi connectivity index (χ4n) is 3.56. The van der Waals surface area contributed by atoms with Gasteiger partial charge >= 0.3 is 6.03 Å². The largest absolute Gasteiger partial charge is 0.339 e. The Labute approximate surface area is 165 Å². The fourth-order valence-corrected chi connectivity index (χ4v) is 3.56. The van der Waals surface area contributed by atoms with Crippen molar-refractivity contribution in [2.75, 3.05) is 18.0 Å². The van der Waals surface area contributed by atoms with Crippen molar-refractivity contribution in [2.24, 2.45) is 0 Å². The summed E-state index contributed by atoms with van der Waals surface area (Å²) in [7, 11) is 0. The van der Waals surface area contributed by atoms with Crippen molar-refractivity contribution >= 4 is 22.8 Å². The van der Waals surface area contributed by atoms with Crippen LogP contribution in [0.5, 0.6) is 0 Å². The van der Waals surface area contributed by atoms with Gasteiger partial charge in [0.25, 0.3) is 0 Å². The molecule has 1 unspecified atom stereocenters. The lowest BCUT2D eigenvalue weighted by Gasteiger charge is -2.18. The monoisotopic (exact) mass is 375 g/mol. The van der Waals surface area contributed by atoms with E-state index in [1.165, 1.54) is 10.8 Å². The Balaban J connectivity index is 1.48. The van der Waals surface area contributed by atoms with E-state index in [-0.39, 0.29) is 18.1 Å². The van der Waals surface area contributed by atoms with Crippen molar-refractivity contribution in [1.29, 1.82) is 0 Å². The van der Waals surface area contributed by atoms with E-state index in [0.717, 1.165) is 24.2 Å². The van der Waals surface area contributed by atoms with Crippen molar-refractivity contribution in [1.82, 2.24) is 20.6 Å². The first-order chi connectivity index (χ1) is 13.6. The topological polar surface area (TPSA) is 70.2 Å². The number of benzene rings is 2. The molecule has 2 heterocycles. The molecule has 1 fully saturated rings. The van der Waals surface area contributed by atoms with Gasteiger partial charge in [-0.05, 0) is 43.2 Å². The van der Waals surface area contributed by atoms with Gasteiger partial charge in [0.05, 0.1) is 5.69 Å². The average Bonchev–Trinajstić information content (AvgIpc) is 3.15. The van der Waals surface area contributed by atoms with Crippen LogP contribution in [0.4, 0.5) is 10.7 Å². The summed E-state index contributed by atoms with van der Waals surface area (Å²) in [5, 5.41) is 8.31. The van der Waals surface area contributed by atoms with Gasteiger partial charge in [0.15, 0.2) is 0 Å². The zero-order chi connectivity index (χ0) is 19.5. The molecule has 0 bridgehead atoms. The van der Waals surface area contributed by atoms with Crippen LogP contribution in [0, 0.1) is 0 Å². The molecule has 1 aliphatic rings. The van der Waals surface area contributed by atoms with Gasteiger partial charge in [-0.25, -0.2) is 14.8 Å². The van der Waals surface area contributed by atoms with Crippen molar-refractivity contribution in [3.05, 3.63) is 54.7 Å². The number of anilines is 1. The van der Waals surface area contributed by atoms with Crippen LogP contribution in [0.1, 0.15) is 20.3 Å². The summed E-state index contributed by atoms with van der Waals surface area (Å²) in [5.74, 6) is 0.708. The van der Waals surface area contributed by atoms with Gasteiger partial charge in [-0.2, -0.15) is 0 Å². The second-order valence-corrected chi connectivity index (χ2v) is 7.51. The molecule has 28 heavy (non-hydrogen) atoms. The number of amides is 2. The predicted octanol–water partition coefficient (Wildman–Crippen LogP) is 3.58. The smallest absolute Gasteiger partial charge is 0.315 e. The van der Waals surface area contributed by atoms with E-state index in [2.05, 4.69) is 50.8 Å². The molecule has 0 aliphatic carbocycles. The maximum absolute atomic E-state index is 11.9. The van der Waals surface area contributed by atoms with Gasteiger partial charge in [-0.3, -0.25) is 0 Å². The van der Waals surface area contributed by atoms with Crippen LogP contribution in [0.25, 0.3) is 22.0 Å². The molecule has 3 aromatic rings. The third kappa shape index (κ3) is 4.06. The highest BCUT2D eigenvalue weighted by atomic mass is 16.2. The summed E-state index contributed by atoms with van der Waals surface area (Å²) < 4.78 is 0. The molecule has 1 aromatic heterocycles. The summed E-state index contributed by atoms with van der Waals surface area (Å²) in [6.07, 6.45) is 2.69. The number of hydrogen-bond acceptors (Lipinski definition) is 4. The molecule has 0 saturated carbocycles. The van der Waals surface area contributed by atoms with Gasteiger partial charge in [0.2, 0.25) is 5.95 Å². The minimum atomic E-state index is -0.118. The number of fused-ring (bicyclic) bond motifs is 1. The van der Waals surface area contributed by atoms with Crippen LogP contribution in [0.15, 0.2) is 54.7 Å². The van der Waals surface area contributed by atoms with Gasteiger partial charge < -0.3 is 15.5 Å². The molecule has 1 saturated heterocycles. The predicted molar refractivity (Wildman–Crippen MR) is 112 cm³/mol. The summed E-state index contributed by atoms with van der Waals surface area (Å²) in [5.41, 5.74) is 1.98. The highest BCUT2D eigenvalue weighted by molar-refractivity contribution is 5.86. The first-order valence-electron chi connectivity index (χ1n) is 9.73. The molecule has 6 heteroatoms. The van der Waals surface area contributed by atoms with Crippen LogP contribution >= 0.6 is 0 Å². The highest BCUT2D eigenvalue weighted by Crippen LogP contribution is 2.25. The first-order valence-corrected chi connectivity index (χ1v) is 9.73. The van der Waals surface area contributed by atoms with E-state index in [0.29, 0.717) is 12.5 Å². The van der Waals surface area contributed by atoms with E-state index in [9.17, 15) is 4.79 Å². The molecule has 4 rings (SSSR count). The van der Waals surface area contributed by atoms with Crippen molar-refractivity contribution in [3.63, 3.8) is 0 Å². The number of rotatable bonds is 4. The Morgan fingerprint density at radius 2 is 1.96 bits per heavy atom. The Morgan fingerprint density at radius 3 is 2.79 bits per heavy atom. The Morgan fingerprint density at radius 1 is 1.14 bits per heavy atom. The van der Waals surface area contributed by atoms with Crippen LogP contribution in [0.2, 0.25) is 0 Å². The first kappa shape index (κ1) is 18.2. The molecular formula is C22H25N5O. The molecule has 1 atom stereocenters. The van der Waals surface area contributed by atoms with Gasteiger partial charge in [-0.15, -0.1) is 0 Å². The van der Waals surface area contributed by atoms with Gasteiger partial charge in [0.1, 0.15) is 0 Å². The molecular weight excluding hydrogens is 350 g/mol. The second kappa shape index (κ2) is 7.84. The maximum atomic E-state index is 11.9. The third-order valence-corrected chi connectivity index (χ3v) is 4.91. The SMILES string of the molecule is CC(C)NC(=O)NC1CCN(c2nccc(-c3ccc4ccccc4c3)n2)C1. The summed E-state index contributed by atoms with van der Waals surface area (Å²) >= 11 is 0. The molecule has 6 nitrogen and oxygen atoms in total. The zero-order valence-electron chi connectivity index (χ0n) is 16.2. The molecule has 2 amide bonds. The fraction of sp³-hybridized carbons (Fsp3) is 0.318. The second-order valence-electron chi connectivity index (χ2n) is 7.51. The van der Waals surface area contributed by atoms with Gasteiger partial charge in [-0.1, -0.05) is 36.4 Å². The number of aromatic nitrogens is 2. The summed E-state index contributed by atoms with van der Waals surface area (Å²) in [6, 6.07) is 16.7. The standard InChI is InChI=1S/C22H25N5O/c1-15(2)24-22(28)25-19-10-12-27(14-19)21-23-11-9-20(26-21)18-8-7-16-5-3-4-6-17(16)13-18/h3-9,11,13,15,19H,10,12,14H2,1-2H3,(H2,24,25,28). The van der Waals surface area contributed by atoms with Crippen molar-refractivity contribution in [3.8, 4) is 11.3 Å². The Bertz CT molecular complexity index is 987. The van der Waals surface area contributed by atoms with Crippen LogP contribution in [-0.4, -0.2) is 41.2 Å². The van der Waals surface area contributed by atoms with Crippen LogP contribution in [0.3, 0.4) is 0 Å². The number of urea groups is 1. The lowest BCUT2D eigenvalue weighted by Crippen LogP contribution is -2.45. The van der Waals surface area contributed by atoms with E-state index in [4.69, 9.17) is 4.98 Å². The molecule has 0 spiro atoms. The Kier molecular flexibility index (Phi) is 5.10. The quantitative estimate of drug-likeness (QED) is 0.731. The minimum absolute atomic E-state index is 0.103. The summed E-state index contributed by atoms with van der Waals surface area (Å²) in [4.78, 5) is 23.3. The molecule has 1 aliphatic heterocycles. The normalized spacial score (nSPS) is 16.5. The number of nitrogens with zero attached hydrogens (tertiary/aromatic N) is 3. The third-order valence-electron chi connectivity index (χ3n) is 4.91. The van der Waals surface area contributed by atoms with Crippen molar-refractivity contribution < 1.29 is 4.79 Å². The van der Waals surface area contributed by atoms with Crippen LogP contribution in [-0.2, 0) is 0 Å². The lowest BCUT2D eigenvalue weighted by molar-refractivity contribution is 0.235. The maximum Gasteiger partial charge on any atom is 0.315 e. The number of nitrogens with one attached hydrogen (secondary N) is 2. The van der Waals surface area contributed by atoms with Crippen LogP contribution < -0.4 is 15.5 Å². The Hall–Kier alpha value is -3.15. The number of hydrogen-bond donors (Lipinski definition) is 2. The molecule has 2 aromatic carbocycles. The molecule has 2 N–H and O–H groups in total. The van der Waals surface area contributed by atoms with E-state index >= 15 is 0 Å². The molecule has 144 valence electrons. The highest BCUT2D eigenvalue weighted by Gasteiger charge is 2.26. The van der Waals surface area contributed by atoms with E-state index in [1.54, 1.807) is 6.20 Å². The lowest BCUT2D eigenvalue weighted by atomic mass is 10.1.